The van der Waals surface area contributed by atoms with Crippen LogP contribution in [-0.4, -0.2) is 102 Å². The van der Waals surface area contributed by atoms with Crippen molar-refractivity contribution in [2.24, 2.45) is 39.9 Å². The van der Waals surface area contributed by atoms with Crippen LogP contribution in [0.3, 0.4) is 0 Å². The van der Waals surface area contributed by atoms with Crippen LogP contribution in [0, 0.1) is 39.9 Å². The summed E-state index contributed by atoms with van der Waals surface area (Å²) in [7, 11) is 0. The van der Waals surface area contributed by atoms with Crippen LogP contribution in [0.5, 0.6) is 5.75 Å². The summed E-state index contributed by atoms with van der Waals surface area (Å²) in [6, 6.07) is 5.19. The van der Waals surface area contributed by atoms with E-state index in [9.17, 15) is 45.3 Å². The maximum Gasteiger partial charge on any atom is 0.227 e. The predicted molar refractivity (Wildman–Crippen MR) is 192 cm³/mol. The Bertz CT molecular complexity index is 1640. The van der Waals surface area contributed by atoms with Gasteiger partial charge in [-0.25, -0.2) is 0 Å². The molecule has 7 N–H and O–H groups in total. The normalized spacial score (nSPS) is 43.1. The Labute approximate surface area is 306 Å². The molecule has 2 saturated heterocycles. The summed E-state index contributed by atoms with van der Waals surface area (Å²) < 4.78 is 6.25. The third-order valence-corrected chi connectivity index (χ3v) is 15.6. The van der Waals surface area contributed by atoms with Gasteiger partial charge in [0.2, 0.25) is 5.91 Å². The number of fused-ring (bicyclic) bond motifs is 5. The van der Waals surface area contributed by atoms with E-state index < -0.39 is 76.1 Å². The molecule has 5 fully saturated rings. The zero-order valence-corrected chi connectivity index (χ0v) is 31.3. The van der Waals surface area contributed by atoms with Crippen molar-refractivity contribution in [3.63, 3.8) is 0 Å². The van der Waals surface area contributed by atoms with Gasteiger partial charge < -0.3 is 45.4 Å². The number of anilines is 1. The molecule has 52 heavy (non-hydrogen) atoms. The third kappa shape index (κ3) is 5.23. The smallest absolute Gasteiger partial charge is 0.227 e. The SMILES string of the molecule is CC(C)[C@@H](C)[C@H]1O[C@H]1[C@](C)(O)[C@@H]1CC[C@]2(O)C3=CC(=O)[C@@]4(CO)C[C@@H](O)[C@](O)(CO)C[C@]4(C)[C@@H]3CC[C@]12CCc1cc(O)cc(N2CCCC2=O)c1. The maximum absolute atomic E-state index is 14.4. The standard InChI is InChI=1S/C41H59NO10/c1-23(2)24(3)34-35(52-34)37(5,49)30-10-13-41(51)29-18-31(46)39(21-43)19-32(47)40(50,22-44)20-36(39,4)28(29)9-12-38(30,41)11-8-25-15-26(17-27(45)16-25)42-14-6-7-33(42)48/h15-18,23-24,28,30,32,34-35,43-45,47,49-51H,6-14,19-22H2,1-5H3/t24-,28-,30+,32-,34-,35-,36-,37-,38-,39+,40-,41+/m1/s1. The van der Waals surface area contributed by atoms with Gasteiger partial charge in [0, 0.05) is 30.1 Å². The lowest BCUT2D eigenvalue weighted by atomic mass is 9.39. The number of amides is 1. The minimum Gasteiger partial charge on any atom is -0.508 e. The molecule has 0 spiro atoms. The molecule has 11 nitrogen and oxygen atoms in total. The van der Waals surface area contributed by atoms with Gasteiger partial charge in [-0.15, -0.1) is 0 Å². The number of aromatic hydroxyl groups is 1. The van der Waals surface area contributed by atoms with Crippen LogP contribution in [0.4, 0.5) is 5.69 Å². The summed E-state index contributed by atoms with van der Waals surface area (Å²) in [6.45, 7) is 9.38. The Hall–Kier alpha value is -2.38. The molecule has 0 bridgehead atoms. The van der Waals surface area contributed by atoms with Gasteiger partial charge in [-0.1, -0.05) is 27.7 Å². The number of aliphatic hydroxyl groups is 6. The van der Waals surface area contributed by atoms with Crippen LogP contribution in [0.15, 0.2) is 29.8 Å². The van der Waals surface area contributed by atoms with E-state index in [4.69, 9.17) is 4.74 Å². The molecule has 0 unspecified atom stereocenters. The molecule has 0 radical (unpaired) electrons. The van der Waals surface area contributed by atoms with Crippen molar-refractivity contribution in [2.45, 2.75) is 134 Å². The molecule has 0 aromatic heterocycles. The van der Waals surface area contributed by atoms with E-state index in [0.717, 1.165) is 12.0 Å². The van der Waals surface area contributed by atoms with Crippen LogP contribution >= 0.6 is 0 Å². The first-order valence-corrected chi connectivity index (χ1v) is 19.5. The average Bonchev–Trinajstić information content (AvgIpc) is 3.69. The molecule has 12 atom stereocenters. The van der Waals surface area contributed by atoms with Crippen molar-refractivity contribution in [2.75, 3.05) is 24.7 Å². The van der Waals surface area contributed by atoms with E-state index in [1.165, 1.54) is 6.08 Å². The zero-order valence-electron chi connectivity index (χ0n) is 31.3. The lowest BCUT2D eigenvalue weighted by Gasteiger charge is -2.65. The van der Waals surface area contributed by atoms with Crippen molar-refractivity contribution in [3.05, 3.63) is 35.4 Å². The fraction of sp³-hybridized carbons (Fsp3) is 0.756. The fourth-order valence-electron chi connectivity index (χ4n) is 12.2. The predicted octanol–water partition coefficient (Wildman–Crippen LogP) is 3.17. The number of carbonyl (C=O) groups excluding carboxylic acids is 2. The van der Waals surface area contributed by atoms with Gasteiger partial charge in [-0.2, -0.15) is 0 Å². The van der Waals surface area contributed by atoms with Crippen LogP contribution in [-0.2, 0) is 20.7 Å². The molecule has 6 aliphatic rings. The number of carbonyl (C=O) groups is 2. The van der Waals surface area contributed by atoms with E-state index >= 15 is 0 Å². The summed E-state index contributed by atoms with van der Waals surface area (Å²) in [6.07, 6.45) is 2.90. The summed E-state index contributed by atoms with van der Waals surface area (Å²) in [4.78, 5) is 28.7. The Morgan fingerprint density at radius 1 is 1.06 bits per heavy atom. The number of allylic oxidation sites excluding steroid dienone is 1. The largest absolute Gasteiger partial charge is 0.508 e. The third-order valence-electron chi connectivity index (χ3n) is 15.6. The lowest BCUT2D eigenvalue weighted by molar-refractivity contribution is -0.228. The van der Waals surface area contributed by atoms with Gasteiger partial charge in [0.05, 0.1) is 42.0 Å². The minimum absolute atomic E-state index is 0.00837. The van der Waals surface area contributed by atoms with Gasteiger partial charge in [-0.3, -0.25) is 9.59 Å². The first kappa shape index (κ1) is 37.9. The van der Waals surface area contributed by atoms with Gasteiger partial charge in [-0.05, 0) is 123 Å². The highest BCUT2D eigenvalue weighted by molar-refractivity contribution is 5.98. The highest BCUT2D eigenvalue weighted by Crippen LogP contribution is 2.73. The van der Waals surface area contributed by atoms with Crippen LogP contribution in [0.2, 0.25) is 0 Å². The molecule has 2 aliphatic heterocycles. The number of rotatable bonds is 10. The Morgan fingerprint density at radius 2 is 1.79 bits per heavy atom. The summed E-state index contributed by atoms with van der Waals surface area (Å²) in [5, 5.41) is 80.3. The number of hydrogen-bond acceptors (Lipinski definition) is 10. The second kappa shape index (κ2) is 12.6. The van der Waals surface area contributed by atoms with Crippen LogP contribution in [0.25, 0.3) is 0 Å². The Kier molecular flexibility index (Phi) is 9.17. The molecular weight excluding hydrogens is 666 g/mol. The highest BCUT2D eigenvalue weighted by atomic mass is 16.6. The quantitative estimate of drug-likeness (QED) is 0.176. The number of aliphatic hydroxyl groups excluding tert-OH is 3. The Balaban J connectivity index is 1.31. The second-order valence-electron chi connectivity index (χ2n) is 18.3. The van der Waals surface area contributed by atoms with Gasteiger partial charge in [0.25, 0.3) is 0 Å². The first-order chi connectivity index (χ1) is 24.3. The number of ketones is 1. The molecule has 7 rings (SSSR count). The molecule has 1 aromatic rings. The molecule has 2 heterocycles. The summed E-state index contributed by atoms with van der Waals surface area (Å²) in [5.41, 5.74) is -6.22. The van der Waals surface area contributed by atoms with E-state index in [0.29, 0.717) is 62.2 Å². The number of nitrogens with zero attached hydrogens (tertiary/aromatic N) is 1. The topological polar surface area (TPSA) is 192 Å². The molecule has 1 amide bonds. The number of benzene rings is 1. The van der Waals surface area contributed by atoms with Gasteiger partial charge >= 0.3 is 0 Å². The lowest BCUT2D eigenvalue weighted by Crippen LogP contribution is -2.70. The van der Waals surface area contributed by atoms with Crippen molar-refractivity contribution in [1.82, 2.24) is 0 Å². The summed E-state index contributed by atoms with van der Waals surface area (Å²) in [5.74, 6) is -0.687. The van der Waals surface area contributed by atoms with Gasteiger partial charge in [0.15, 0.2) is 5.78 Å². The fourth-order valence-corrected chi connectivity index (χ4v) is 12.2. The minimum atomic E-state index is -1.88. The molecule has 4 aliphatic carbocycles. The maximum atomic E-state index is 14.4. The average molecular weight is 726 g/mol. The zero-order chi connectivity index (χ0) is 37.8. The van der Waals surface area contributed by atoms with E-state index in [-0.39, 0.29) is 42.9 Å². The van der Waals surface area contributed by atoms with E-state index in [1.54, 1.807) is 17.0 Å². The Morgan fingerprint density at radius 3 is 2.42 bits per heavy atom. The number of phenols is 1. The molecular formula is C41H59NO10. The monoisotopic (exact) mass is 725 g/mol. The molecule has 1 aromatic carbocycles. The van der Waals surface area contributed by atoms with Gasteiger partial charge in [0.1, 0.15) is 17.5 Å². The van der Waals surface area contributed by atoms with Crippen LogP contribution < -0.4 is 4.90 Å². The first-order valence-electron chi connectivity index (χ1n) is 19.5. The number of aryl methyl sites for hydroxylation is 1. The van der Waals surface area contributed by atoms with Crippen molar-refractivity contribution in [1.29, 1.82) is 0 Å². The summed E-state index contributed by atoms with van der Waals surface area (Å²) >= 11 is 0. The highest BCUT2D eigenvalue weighted by Gasteiger charge is 2.75. The second-order valence-corrected chi connectivity index (χ2v) is 18.3. The number of ether oxygens (including phenoxy) is 1. The number of epoxide rings is 1. The molecule has 288 valence electrons. The van der Waals surface area contributed by atoms with Crippen molar-refractivity contribution in [3.8, 4) is 5.75 Å². The van der Waals surface area contributed by atoms with E-state index in [2.05, 4.69) is 20.8 Å². The van der Waals surface area contributed by atoms with E-state index in [1.807, 2.05) is 19.9 Å². The number of hydrogen-bond donors (Lipinski definition) is 7. The van der Waals surface area contributed by atoms with Crippen LogP contribution in [0.1, 0.15) is 98.0 Å². The molecule has 11 heteroatoms. The van der Waals surface area contributed by atoms with Crippen molar-refractivity contribution >= 4 is 17.4 Å². The molecule has 3 saturated carbocycles. The van der Waals surface area contributed by atoms with Crippen molar-refractivity contribution < 1.29 is 50.1 Å². The number of phenolic OH excluding ortho intramolecular Hbond substituents is 1.